The molecule has 0 aromatic carbocycles. The first kappa shape index (κ1) is 12.6. The normalized spacial score (nSPS) is 10.5. The van der Waals surface area contributed by atoms with Gasteiger partial charge < -0.3 is 4.90 Å². The Morgan fingerprint density at radius 2 is 2.12 bits per heavy atom. The third-order valence-electron chi connectivity index (χ3n) is 2.24. The van der Waals surface area contributed by atoms with Gasteiger partial charge in [0.05, 0.1) is 34.8 Å². The Bertz CT molecular complexity index is 484. The number of halogens is 2. The molecule has 0 aliphatic heterocycles. The van der Waals surface area contributed by atoms with Gasteiger partial charge in [0.25, 0.3) is 0 Å². The fourth-order valence-corrected chi connectivity index (χ4v) is 2.64. The van der Waals surface area contributed by atoms with Crippen LogP contribution in [-0.4, -0.2) is 17.0 Å². The minimum atomic E-state index is 0.386. The van der Waals surface area contributed by atoms with Crippen LogP contribution < -0.4 is 4.90 Å². The Hall–Kier alpha value is -0.840. The van der Waals surface area contributed by atoms with E-state index in [1.807, 2.05) is 24.1 Å². The summed E-state index contributed by atoms with van der Waals surface area (Å²) >= 11 is 13.1. The molecule has 2 aromatic rings. The molecule has 0 bridgehead atoms. The SMILES string of the molecule is CN(Cc1ccc(Cl)s1)c1cnc(CCl)cn1. The lowest BCUT2D eigenvalue weighted by Crippen LogP contribution is -2.17. The highest BCUT2D eigenvalue weighted by atomic mass is 35.5. The van der Waals surface area contributed by atoms with Gasteiger partial charge in [-0.1, -0.05) is 11.6 Å². The van der Waals surface area contributed by atoms with Gasteiger partial charge in [0, 0.05) is 11.9 Å². The summed E-state index contributed by atoms with van der Waals surface area (Å²) in [6.07, 6.45) is 3.42. The molecule has 0 aliphatic rings. The van der Waals surface area contributed by atoms with Gasteiger partial charge in [-0.05, 0) is 12.1 Å². The average molecular weight is 288 g/mol. The Balaban J connectivity index is 2.06. The van der Waals surface area contributed by atoms with Crippen molar-refractivity contribution in [3.8, 4) is 0 Å². The monoisotopic (exact) mass is 287 g/mol. The summed E-state index contributed by atoms with van der Waals surface area (Å²) < 4.78 is 0.803. The van der Waals surface area contributed by atoms with Crippen molar-refractivity contribution >= 4 is 40.4 Å². The van der Waals surface area contributed by atoms with Crippen LogP contribution in [-0.2, 0) is 12.4 Å². The molecule has 0 N–H and O–H groups in total. The number of hydrogen-bond acceptors (Lipinski definition) is 4. The van der Waals surface area contributed by atoms with Crippen LogP contribution >= 0.6 is 34.5 Å². The van der Waals surface area contributed by atoms with Crippen LogP contribution in [0.25, 0.3) is 0 Å². The van der Waals surface area contributed by atoms with E-state index in [9.17, 15) is 0 Å². The number of thiophene rings is 1. The van der Waals surface area contributed by atoms with Gasteiger partial charge in [-0.2, -0.15) is 0 Å². The van der Waals surface area contributed by atoms with Crippen LogP contribution in [0.4, 0.5) is 5.82 Å². The molecule has 3 nitrogen and oxygen atoms in total. The summed E-state index contributed by atoms with van der Waals surface area (Å²) in [5.41, 5.74) is 0.781. The summed E-state index contributed by atoms with van der Waals surface area (Å²) in [4.78, 5) is 11.7. The van der Waals surface area contributed by atoms with Crippen molar-refractivity contribution in [1.29, 1.82) is 0 Å². The van der Waals surface area contributed by atoms with Crippen molar-refractivity contribution in [2.75, 3.05) is 11.9 Å². The first-order valence-corrected chi connectivity index (χ1v) is 6.74. The van der Waals surface area contributed by atoms with E-state index in [0.717, 1.165) is 22.4 Å². The topological polar surface area (TPSA) is 29.0 Å². The highest BCUT2D eigenvalue weighted by molar-refractivity contribution is 7.16. The van der Waals surface area contributed by atoms with Crippen LogP contribution in [0.15, 0.2) is 24.5 Å². The number of hydrogen-bond donors (Lipinski definition) is 0. The molecule has 90 valence electrons. The summed E-state index contributed by atoms with van der Waals surface area (Å²) in [6.45, 7) is 0.770. The molecule has 2 heterocycles. The molecule has 0 fully saturated rings. The van der Waals surface area contributed by atoms with E-state index >= 15 is 0 Å². The molecule has 0 spiro atoms. The van der Waals surface area contributed by atoms with Gasteiger partial charge in [0.15, 0.2) is 0 Å². The van der Waals surface area contributed by atoms with Crippen LogP contribution in [0.3, 0.4) is 0 Å². The molecule has 17 heavy (non-hydrogen) atoms. The molecule has 0 unspecified atom stereocenters. The number of anilines is 1. The van der Waals surface area contributed by atoms with E-state index in [1.54, 1.807) is 23.7 Å². The van der Waals surface area contributed by atoms with Gasteiger partial charge in [-0.15, -0.1) is 22.9 Å². The molecule has 0 saturated carbocycles. The summed E-state index contributed by atoms with van der Waals surface area (Å²) in [5, 5.41) is 0. The van der Waals surface area contributed by atoms with Crippen LogP contribution in [0.5, 0.6) is 0 Å². The number of nitrogens with zero attached hydrogens (tertiary/aromatic N) is 3. The first-order valence-electron chi connectivity index (χ1n) is 5.01. The van der Waals surface area contributed by atoms with Crippen LogP contribution in [0.2, 0.25) is 4.34 Å². The van der Waals surface area contributed by atoms with Crippen molar-refractivity contribution in [3.05, 3.63) is 39.4 Å². The Kier molecular flexibility index (Phi) is 4.20. The van der Waals surface area contributed by atoms with Gasteiger partial charge in [-0.25, -0.2) is 4.98 Å². The van der Waals surface area contributed by atoms with Crippen molar-refractivity contribution in [1.82, 2.24) is 9.97 Å². The largest absolute Gasteiger partial charge is 0.353 e. The standard InChI is InChI=1S/C11H11Cl2N3S/c1-16(7-9-2-3-10(13)17-9)11-6-14-8(4-12)5-15-11/h2-3,5-6H,4,7H2,1H3. The Morgan fingerprint density at radius 1 is 1.29 bits per heavy atom. The highest BCUT2D eigenvalue weighted by Crippen LogP contribution is 2.23. The van der Waals surface area contributed by atoms with Crippen molar-refractivity contribution in [2.45, 2.75) is 12.4 Å². The fraction of sp³-hybridized carbons (Fsp3) is 0.273. The van der Waals surface area contributed by atoms with E-state index in [2.05, 4.69) is 9.97 Å². The van der Waals surface area contributed by atoms with E-state index in [0.29, 0.717) is 5.88 Å². The Labute approximate surface area is 114 Å². The predicted molar refractivity (Wildman–Crippen MR) is 73.0 cm³/mol. The van der Waals surface area contributed by atoms with E-state index < -0.39 is 0 Å². The molecule has 0 aliphatic carbocycles. The average Bonchev–Trinajstić information content (AvgIpc) is 2.75. The van der Waals surface area contributed by atoms with Gasteiger partial charge in [0.1, 0.15) is 5.82 Å². The summed E-state index contributed by atoms with van der Waals surface area (Å²) in [6, 6.07) is 3.92. The smallest absolute Gasteiger partial charge is 0.147 e. The van der Waals surface area contributed by atoms with E-state index in [4.69, 9.17) is 23.2 Å². The summed E-state index contributed by atoms with van der Waals surface area (Å²) in [5.74, 6) is 1.21. The molecule has 0 amide bonds. The minimum Gasteiger partial charge on any atom is -0.353 e. The zero-order valence-electron chi connectivity index (χ0n) is 9.23. The maximum atomic E-state index is 5.89. The zero-order chi connectivity index (χ0) is 12.3. The second kappa shape index (κ2) is 5.67. The fourth-order valence-electron chi connectivity index (χ4n) is 1.37. The van der Waals surface area contributed by atoms with Crippen molar-refractivity contribution < 1.29 is 0 Å². The third kappa shape index (κ3) is 3.31. The highest BCUT2D eigenvalue weighted by Gasteiger charge is 2.06. The molecule has 0 radical (unpaired) electrons. The lowest BCUT2D eigenvalue weighted by Gasteiger charge is -2.16. The zero-order valence-corrected chi connectivity index (χ0v) is 11.6. The maximum Gasteiger partial charge on any atom is 0.147 e. The number of aromatic nitrogens is 2. The second-order valence-corrected chi connectivity index (χ2v) is 5.63. The summed E-state index contributed by atoms with van der Waals surface area (Å²) in [7, 11) is 1.97. The quantitative estimate of drug-likeness (QED) is 0.805. The molecular weight excluding hydrogens is 277 g/mol. The van der Waals surface area contributed by atoms with Gasteiger partial charge in [0.2, 0.25) is 0 Å². The van der Waals surface area contributed by atoms with Gasteiger partial charge >= 0.3 is 0 Å². The second-order valence-electron chi connectivity index (χ2n) is 3.56. The Morgan fingerprint density at radius 3 is 2.65 bits per heavy atom. The van der Waals surface area contributed by atoms with Crippen molar-refractivity contribution in [3.63, 3.8) is 0 Å². The predicted octanol–water partition coefficient (Wildman–Crippen LogP) is 3.57. The maximum absolute atomic E-state index is 5.89. The van der Waals surface area contributed by atoms with E-state index in [-0.39, 0.29) is 0 Å². The van der Waals surface area contributed by atoms with Gasteiger partial charge in [-0.3, -0.25) is 4.98 Å². The van der Waals surface area contributed by atoms with Crippen molar-refractivity contribution in [2.24, 2.45) is 0 Å². The molecule has 0 atom stereocenters. The third-order valence-corrected chi connectivity index (χ3v) is 3.73. The number of alkyl halides is 1. The lowest BCUT2D eigenvalue weighted by molar-refractivity contribution is 0.897. The molecule has 2 rings (SSSR count). The van der Waals surface area contributed by atoms with Crippen LogP contribution in [0, 0.1) is 0 Å². The molecular formula is C11H11Cl2N3S. The minimum absolute atomic E-state index is 0.386. The lowest BCUT2D eigenvalue weighted by atomic mass is 10.4. The molecule has 0 saturated heterocycles. The molecule has 6 heteroatoms. The number of rotatable bonds is 4. The first-order chi connectivity index (χ1) is 8.19. The van der Waals surface area contributed by atoms with Crippen LogP contribution in [0.1, 0.15) is 10.6 Å². The molecule has 2 aromatic heterocycles. The van der Waals surface area contributed by atoms with E-state index in [1.165, 1.54) is 4.88 Å².